The Hall–Kier alpha value is -2.69. The minimum absolute atomic E-state index is 0.0514. The lowest BCUT2D eigenvalue weighted by atomic mass is 9.75. The largest absolute Gasteiger partial charge is 0.465 e. The predicted octanol–water partition coefficient (Wildman–Crippen LogP) is 2.75. The first-order valence-corrected chi connectivity index (χ1v) is 8.76. The summed E-state index contributed by atoms with van der Waals surface area (Å²) in [6.45, 7) is 2.70. The van der Waals surface area contributed by atoms with Gasteiger partial charge in [-0.1, -0.05) is 31.2 Å². The van der Waals surface area contributed by atoms with Crippen molar-refractivity contribution >= 4 is 28.5 Å². The van der Waals surface area contributed by atoms with Crippen LogP contribution in [0.5, 0.6) is 0 Å². The highest BCUT2D eigenvalue weighted by Gasteiger charge is 2.48. The molecule has 1 fully saturated rings. The van der Waals surface area contributed by atoms with Gasteiger partial charge in [0.25, 0.3) is 0 Å². The van der Waals surface area contributed by atoms with Crippen molar-refractivity contribution in [3.63, 3.8) is 0 Å². The van der Waals surface area contributed by atoms with Gasteiger partial charge in [-0.15, -0.1) is 0 Å². The van der Waals surface area contributed by atoms with Crippen molar-refractivity contribution in [2.75, 3.05) is 6.61 Å². The normalized spacial score (nSPS) is 27.5. The number of rotatable bonds is 1. The molecule has 4 heterocycles. The number of benzene rings is 1. The molecule has 1 aromatic carbocycles. The summed E-state index contributed by atoms with van der Waals surface area (Å²) in [5.41, 5.74) is 3.73. The third kappa shape index (κ3) is 1.98. The Morgan fingerprint density at radius 3 is 2.96 bits per heavy atom. The molecule has 1 amide bonds. The van der Waals surface area contributed by atoms with Crippen LogP contribution >= 0.6 is 0 Å². The van der Waals surface area contributed by atoms with Crippen LogP contribution in [0.3, 0.4) is 0 Å². The van der Waals surface area contributed by atoms with Crippen LogP contribution in [-0.2, 0) is 20.9 Å². The van der Waals surface area contributed by atoms with Gasteiger partial charge in [-0.05, 0) is 18.6 Å². The first kappa shape index (κ1) is 14.6. The van der Waals surface area contributed by atoms with Crippen LogP contribution in [0.4, 0.5) is 0 Å². The molecule has 0 radical (unpaired) electrons. The SMILES string of the molecule is CC[C@H]1C(=O)OCC2C(=O)N3Cc4cc5ccccc5nc4C3=CC21. The Kier molecular flexibility index (Phi) is 3.02. The second-order valence-electron chi connectivity index (χ2n) is 6.99. The zero-order chi connectivity index (χ0) is 17.1. The second-order valence-corrected chi connectivity index (χ2v) is 6.99. The number of para-hydroxylation sites is 1. The van der Waals surface area contributed by atoms with E-state index in [9.17, 15) is 9.59 Å². The first-order valence-electron chi connectivity index (χ1n) is 8.76. The molecule has 2 unspecified atom stereocenters. The van der Waals surface area contributed by atoms with Crippen molar-refractivity contribution in [2.24, 2.45) is 17.8 Å². The second kappa shape index (κ2) is 5.15. The molecule has 126 valence electrons. The Bertz CT molecular complexity index is 949. The molecule has 25 heavy (non-hydrogen) atoms. The number of fused-ring (bicyclic) bond motifs is 5. The molecule has 1 saturated heterocycles. The number of nitrogens with zero attached hydrogens (tertiary/aromatic N) is 2. The fourth-order valence-corrected chi connectivity index (χ4v) is 4.37. The van der Waals surface area contributed by atoms with Crippen molar-refractivity contribution in [1.29, 1.82) is 0 Å². The van der Waals surface area contributed by atoms with Gasteiger partial charge in [-0.3, -0.25) is 9.59 Å². The molecule has 0 bridgehead atoms. The summed E-state index contributed by atoms with van der Waals surface area (Å²) in [5, 5.41) is 1.08. The smallest absolute Gasteiger partial charge is 0.309 e. The van der Waals surface area contributed by atoms with E-state index in [1.807, 2.05) is 36.1 Å². The molecule has 0 aliphatic carbocycles. The highest BCUT2D eigenvalue weighted by molar-refractivity contribution is 5.96. The summed E-state index contributed by atoms with van der Waals surface area (Å²) < 4.78 is 5.28. The quantitative estimate of drug-likeness (QED) is 0.753. The van der Waals surface area contributed by atoms with Gasteiger partial charge in [-0.25, -0.2) is 4.98 Å². The van der Waals surface area contributed by atoms with Crippen LogP contribution in [0.2, 0.25) is 0 Å². The Labute approximate surface area is 145 Å². The van der Waals surface area contributed by atoms with E-state index in [-0.39, 0.29) is 36.2 Å². The molecule has 3 aliphatic rings. The van der Waals surface area contributed by atoms with Gasteiger partial charge in [0.2, 0.25) is 5.91 Å². The third-order valence-corrected chi connectivity index (χ3v) is 5.68. The van der Waals surface area contributed by atoms with Gasteiger partial charge >= 0.3 is 5.97 Å². The van der Waals surface area contributed by atoms with E-state index in [1.165, 1.54) is 0 Å². The van der Waals surface area contributed by atoms with Gasteiger partial charge in [0.05, 0.1) is 35.3 Å². The molecular weight excluding hydrogens is 316 g/mol. The molecule has 2 aromatic rings. The molecule has 5 nitrogen and oxygen atoms in total. The molecule has 0 N–H and O–H groups in total. The van der Waals surface area contributed by atoms with Crippen molar-refractivity contribution in [1.82, 2.24) is 9.88 Å². The molecule has 0 spiro atoms. The van der Waals surface area contributed by atoms with Crippen LogP contribution < -0.4 is 0 Å². The standard InChI is InChI=1S/C20H18N2O3/c1-2-13-14-8-17-18-12(7-11-5-3-4-6-16(11)21-18)9-22(17)19(23)15(14)10-25-20(13)24/h3-8,13-15H,2,9-10H2,1H3/t13-,14?,15?/m1/s1. The van der Waals surface area contributed by atoms with Gasteiger partial charge in [0, 0.05) is 16.9 Å². The minimum atomic E-state index is -0.268. The van der Waals surface area contributed by atoms with Crippen LogP contribution in [-0.4, -0.2) is 28.4 Å². The lowest BCUT2D eigenvalue weighted by Gasteiger charge is -2.39. The zero-order valence-corrected chi connectivity index (χ0v) is 13.9. The van der Waals surface area contributed by atoms with Crippen molar-refractivity contribution in [3.05, 3.63) is 47.7 Å². The van der Waals surface area contributed by atoms with Crippen molar-refractivity contribution in [2.45, 2.75) is 19.9 Å². The average Bonchev–Trinajstić information content (AvgIpc) is 2.98. The summed E-state index contributed by atoms with van der Waals surface area (Å²) >= 11 is 0. The van der Waals surface area contributed by atoms with Gasteiger partial charge in [-0.2, -0.15) is 0 Å². The van der Waals surface area contributed by atoms with E-state index in [0.29, 0.717) is 13.0 Å². The highest BCUT2D eigenvalue weighted by atomic mass is 16.5. The number of carbonyl (C=O) groups excluding carboxylic acids is 2. The number of cyclic esters (lactones) is 1. The number of carbonyl (C=O) groups is 2. The number of hydrogen-bond acceptors (Lipinski definition) is 4. The van der Waals surface area contributed by atoms with Crippen LogP contribution in [0.1, 0.15) is 24.6 Å². The fraction of sp³-hybridized carbons (Fsp3) is 0.350. The number of amides is 1. The van der Waals surface area contributed by atoms with E-state index in [2.05, 4.69) is 12.1 Å². The topological polar surface area (TPSA) is 59.5 Å². The number of ether oxygens (including phenoxy) is 1. The molecule has 3 aliphatic heterocycles. The van der Waals surface area contributed by atoms with Crippen molar-refractivity contribution < 1.29 is 14.3 Å². The van der Waals surface area contributed by atoms with Crippen molar-refractivity contribution in [3.8, 4) is 0 Å². The summed E-state index contributed by atoms with van der Waals surface area (Å²) in [5.74, 6) is -0.747. The van der Waals surface area contributed by atoms with E-state index >= 15 is 0 Å². The Balaban J connectivity index is 1.66. The van der Waals surface area contributed by atoms with Crippen LogP contribution in [0.15, 0.2) is 36.4 Å². The molecule has 5 rings (SSSR count). The maximum absolute atomic E-state index is 13.0. The number of hydrogen-bond donors (Lipinski definition) is 0. The highest BCUT2D eigenvalue weighted by Crippen LogP contribution is 2.44. The van der Waals surface area contributed by atoms with E-state index < -0.39 is 0 Å². The predicted molar refractivity (Wildman–Crippen MR) is 92.0 cm³/mol. The number of aromatic nitrogens is 1. The van der Waals surface area contributed by atoms with Gasteiger partial charge < -0.3 is 9.64 Å². The van der Waals surface area contributed by atoms with Gasteiger partial charge in [0.1, 0.15) is 6.61 Å². The van der Waals surface area contributed by atoms with Gasteiger partial charge in [0.15, 0.2) is 0 Å². The maximum Gasteiger partial charge on any atom is 0.309 e. The fourth-order valence-electron chi connectivity index (χ4n) is 4.37. The minimum Gasteiger partial charge on any atom is -0.465 e. The molecule has 3 atom stereocenters. The lowest BCUT2D eigenvalue weighted by molar-refractivity contribution is -0.164. The number of esters is 1. The van der Waals surface area contributed by atoms with Crippen LogP contribution in [0.25, 0.3) is 16.6 Å². The van der Waals surface area contributed by atoms with Crippen LogP contribution in [0, 0.1) is 17.8 Å². The molecular formula is C20H18N2O3. The molecule has 1 aromatic heterocycles. The Morgan fingerprint density at radius 1 is 1.28 bits per heavy atom. The summed E-state index contributed by atoms with van der Waals surface area (Å²) in [7, 11) is 0. The number of allylic oxidation sites excluding steroid dienone is 1. The molecule has 0 saturated carbocycles. The van der Waals surface area contributed by atoms with E-state index in [0.717, 1.165) is 27.9 Å². The maximum atomic E-state index is 13.0. The average molecular weight is 334 g/mol. The lowest BCUT2D eigenvalue weighted by Crippen LogP contribution is -2.49. The number of pyridine rings is 1. The summed E-state index contributed by atoms with van der Waals surface area (Å²) in [6, 6.07) is 10.1. The zero-order valence-electron chi connectivity index (χ0n) is 13.9. The molecule has 5 heteroatoms. The van der Waals surface area contributed by atoms with E-state index in [4.69, 9.17) is 9.72 Å². The summed E-state index contributed by atoms with van der Waals surface area (Å²) in [4.78, 5) is 31.8. The monoisotopic (exact) mass is 334 g/mol. The third-order valence-electron chi connectivity index (χ3n) is 5.68. The van der Waals surface area contributed by atoms with E-state index in [1.54, 1.807) is 0 Å². The summed E-state index contributed by atoms with van der Waals surface area (Å²) in [6.07, 6.45) is 2.77. The first-order chi connectivity index (χ1) is 12.2. The Morgan fingerprint density at radius 2 is 2.12 bits per heavy atom.